The van der Waals surface area contributed by atoms with Gasteiger partial charge in [0.15, 0.2) is 0 Å². The largest absolute Gasteiger partial charge is 0.417 e. The smallest absolute Gasteiger partial charge is 0.376 e. The predicted octanol–water partition coefficient (Wildman–Crippen LogP) is 5.26. The van der Waals surface area contributed by atoms with Gasteiger partial charge in [0.1, 0.15) is 0 Å². The highest BCUT2D eigenvalue weighted by atomic mass is 35.5. The lowest BCUT2D eigenvalue weighted by Crippen LogP contribution is -2.23. The molecule has 0 unspecified atom stereocenters. The Morgan fingerprint density at radius 2 is 1.63 bits per heavy atom. The second kappa shape index (κ2) is 8.99. The molecule has 0 spiro atoms. The number of hydrogen-bond donors (Lipinski definition) is 2. The summed E-state index contributed by atoms with van der Waals surface area (Å²) in [6.07, 6.45) is -4.58. The van der Waals surface area contributed by atoms with Crippen molar-refractivity contribution >= 4 is 34.6 Å². The molecule has 2 aromatic rings. The van der Waals surface area contributed by atoms with E-state index < -0.39 is 22.7 Å². The first-order valence-corrected chi connectivity index (χ1v) is 8.87. The van der Waals surface area contributed by atoms with Gasteiger partial charge < -0.3 is 15.5 Å². The van der Waals surface area contributed by atoms with Crippen LogP contribution in [0.15, 0.2) is 42.5 Å². The molecule has 8 heteroatoms. The van der Waals surface area contributed by atoms with Crippen LogP contribution in [0.4, 0.5) is 30.2 Å². The van der Waals surface area contributed by atoms with E-state index in [2.05, 4.69) is 29.4 Å². The van der Waals surface area contributed by atoms with Crippen molar-refractivity contribution in [3.8, 4) is 0 Å². The van der Waals surface area contributed by atoms with Crippen LogP contribution in [-0.4, -0.2) is 25.5 Å². The highest BCUT2D eigenvalue weighted by Gasteiger charge is 2.33. The molecule has 0 bridgehead atoms. The Morgan fingerprint density at radius 1 is 1.04 bits per heavy atom. The highest BCUT2D eigenvalue weighted by Crippen LogP contribution is 2.36. The first-order chi connectivity index (χ1) is 12.7. The van der Waals surface area contributed by atoms with Crippen LogP contribution in [0.2, 0.25) is 5.02 Å². The fraction of sp³-hybridized carbons (Fsp3) is 0.316. The molecule has 0 saturated carbocycles. The summed E-state index contributed by atoms with van der Waals surface area (Å²) in [6.45, 7) is 5.86. The minimum atomic E-state index is -4.58. The molecule has 0 atom stereocenters. The van der Waals surface area contributed by atoms with Crippen LogP contribution in [-0.2, 0) is 11.0 Å². The third-order valence-electron chi connectivity index (χ3n) is 4.00. The first kappa shape index (κ1) is 20.9. The van der Waals surface area contributed by atoms with Gasteiger partial charge in [0, 0.05) is 30.2 Å². The van der Waals surface area contributed by atoms with Crippen LogP contribution >= 0.6 is 11.6 Å². The summed E-state index contributed by atoms with van der Waals surface area (Å²) in [6, 6.07) is 10.9. The van der Waals surface area contributed by atoms with Crippen molar-refractivity contribution in [2.45, 2.75) is 20.0 Å². The van der Waals surface area contributed by atoms with Crippen molar-refractivity contribution in [1.82, 2.24) is 0 Å². The van der Waals surface area contributed by atoms with E-state index in [0.717, 1.165) is 36.6 Å². The van der Waals surface area contributed by atoms with Crippen LogP contribution in [0.25, 0.3) is 0 Å². The molecular formula is C19H21ClF3N3O. The SMILES string of the molecule is CCN(CC)c1ccc(NCC(=O)Nc2ccc(Cl)c(C(F)(F)F)c2)cc1. The molecule has 0 saturated heterocycles. The number of carbonyl (C=O) groups excluding carboxylic acids is 1. The van der Waals surface area contributed by atoms with Gasteiger partial charge in [-0.1, -0.05) is 11.6 Å². The molecular weight excluding hydrogens is 379 g/mol. The minimum absolute atomic E-state index is 0.0374. The van der Waals surface area contributed by atoms with Crippen molar-refractivity contribution in [1.29, 1.82) is 0 Å². The maximum Gasteiger partial charge on any atom is 0.417 e. The number of hydrogen-bond acceptors (Lipinski definition) is 3. The lowest BCUT2D eigenvalue weighted by molar-refractivity contribution is -0.137. The van der Waals surface area contributed by atoms with Gasteiger partial charge in [-0.05, 0) is 56.3 Å². The van der Waals surface area contributed by atoms with Crippen molar-refractivity contribution in [3.63, 3.8) is 0 Å². The highest BCUT2D eigenvalue weighted by molar-refractivity contribution is 6.31. The van der Waals surface area contributed by atoms with E-state index in [1.165, 1.54) is 6.07 Å². The summed E-state index contributed by atoms with van der Waals surface area (Å²) < 4.78 is 38.6. The van der Waals surface area contributed by atoms with E-state index in [-0.39, 0.29) is 12.2 Å². The quantitative estimate of drug-likeness (QED) is 0.667. The molecule has 0 aromatic heterocycles. The van der Waals surface area contributed by atoms with Crippen molar-refractivity contribution < 1.29 is 18.0 Å². The molecule has 2 aromatic carbocycles. The molecule has 27 heavy (non-hydrogen) atoms. The van der Waals surface area contributed by atoms with Gasteiger partial charge in [-0.15, -0.1) is 0 Å². The van der Waals surface area contributed by atoms with E-state index in [1.54, 1.807) is 0 Å². The van der Waals surface area contributed by atoms with Gasteiger partial charge in [-0.25, -0.2) is 0 Å². The summed E-state index contributed by atoms with van der Waals surface area (Å²) >= 11 is 5.57. The average molecular weight is 400 g/mol. The van der Waals surface area contributed by atoms with Gasteiger partial charge in [-0.3, -0.25) is 4.79 Å². The maximum atomic E-state index is 12.9. The zero-order valence-corrected chi connectivity index (χ0v) is 15.8. The monoisotopic (exact) mass is 399 g/mol. The van der Waals surface area contributed by atoms with Crippen LogP contribution in [0, 0.1) is 0 Å². The molecule has 0 aliphatic carbocycles. The standard InChI is InChI=1S/C19H21ClF3N3O/c1-3-26(4-2)15-8-5-13(6-9-15)24-12-18(27)25-14-7-10-17(20)16(11-14)19(21,22)23/h5-11,24H,3-4,12H2,1-2H3,(H,25,27). The zero-order chi connectivity index (χ0) is 20.0. The number of nitrogens with one attached hydrogen (secondary N) is 2. The Balaban J connectivity index is 1.95. The Kier molecular flexibility index (Phi) is 6.96. The van der Waals surface area contributed by atoms with Crippen molar-refractivity contribution in [3.05, 3.63) is 53.1 Å². The van der Waals surface area contributed by atoms with E-state index in [4.69, 9.17) is 11.6 Å². The van der Waals surface area contributed by atoms with Crippen LogP contribution in [0.3, 0.4) is 0 Å². The Morgan fingerprint density at radius 3 is 2.19 bits per heavy atom. The third kappa shape index (κ3) is 5.79. The molecule has 146 valence electrons. The number of nitrogens with zero attached hydrogens (tertiary/aromatic N) is 1. The number of alkyl halides is 3. The predicted molar refractivity (Wildman–Crippen MR) is 104 cm³/mol. The van der Waals surface area contributed by atoms with Crippen molar-refractivity contribution in [2.24, 2.45) is 0 Å². The molecule has 4 nitrogen and oxygen atoms in total. The van der Waals surface area contributed by atoms with Gasteiger partial charge >= 0.3 is 6.18 Å². The van der Waals surface area contributed by atoms with Gasteiger partial charge in [-0.2, -0.15) is 13.2 Å². The number of rotatable bonds is 7. The van der Waals surface area contributed by atoms with Gasteiger partial charge in [0.05, 0.1) is 17.1 Å². The third-order valence-corrected chi connectivity index (χ3v) is 4.33. The summed E-state index contributed by atoms with van der Waals surface area (Å²) in [5.41, 5.74) is 0.876. The molecule has 1 amide bonds. The van der Waals surface area contributed by atoms with Crippen LogP contribution in [0.5, 0.6) is 0 Å². The molecule has 0 aliphatic rings. The number of anilines is 3. The molecule has 0 heterocycles. The van der Waals surface area contributed by atoms with E-state index in [9.17, 15) is 18.0 Å². The number of amides is 1. The van der Waals surface area contributed by atoms with E-state index in [0.29, 0.717) is 0 Å². The Bertz CT molecular complexity index is 775. The fourth-order valence-electron chi connectivity index (χ4n) is 2.59. The molecule has 0 radical (unpaired) electrons. The summed E-state index contributed by atoms with van der Waals surface area (Å²) in [5, 5.41) is 4.97. The summed E-state index contributed by atoms with van der Waals surface area (Å²) in [7, 11) is 0. The minimum Gasteiger partial charge on any atom is -0.376 e. The van der Waals surface area contributed by atoms with Gasteiger partial charge in [0.2, 0.25) is 5.91 Å². The fourth-order valence-corrected chi connectivity index (χ4v) is 2.81. The number of halogens is 4. The van der Waals surface area contributed by atoms with E-state index in [1.807, 2.05) is 24.3 Å². The average Bonchev–Trinajstić information content (AvgIpc) is 2.63. The molecule has 2 rings (SSSR count). The molecule has 0 fully saturated rings. The topological polar surface area (TPSA) is 44.4 Å². The van der Waals surface area contributed by atoms with Crippen LogP contribution < -0.4 is 15.5 Å². The van der Waals surface area contributed by atoms with Crippen LogP contribution in [0.1, 0.15) is 19.4 Å². The Labute approximate surface area is 161 Å². The Hall–Kier alpha value is -2.41. The zero-order valence-electron chi connectivity index (χ0n) is 15.0. The lowest BCUT2D eigenvalue weighted by Gasteiger charge is -2.21. The van der Waals surface area contributed by atoms with Crippen molar-refractivity contribution in [2.75, 3.05) is 35.2 Å². The molecule has 0 aliphatic heterocycles. The molecule has 2 N–H and O–H groups in total. The lowest BCUT2D eigenvalue weighted by atomic mass is 10.2. The number of carbonyl (C=O) groups is 1. The summed E-state index contributed by atoms with van der Waals surface area (Å²) in [4.78, 5) is 14.2. The maximum absolute atomic E-state index is 12.9. The normalized spacial score (nSPS) is 11.2. The number of benzene rings is 2. The van der Waals surface area contributed by atoms with Gasteiger partial charge in [0.25, 0.3) is 0 Å². The summed E-state index contributed by atoms with van der Waals surface area (Å²) in [5.74, 6) is -0.460. The first-order valence-electron chi connectivity index (χ1n) is 8.50. The van der Waals surface area contributed by atoms with E-state index >= 15 is 0 Å². The second-order valence-electron chi connectivity index (χ2n) is 5.81. The second-order valence-corrected chi connectivity index (χ2v) is 6.22.